The van der Waals surface area contributed by atoms with Gasteiger partial charge in [-0.2, -0.15) is 12.7 Å². The number of pyridine rings is 1. The summed E-state index contributed by atoms with van der Waals surface area (Å²) < 4.78 is 34.7. The van der Waals surface area contributed by atoms with E-state index < -0.39 is 22.2 Å². The van der Waals surface area contributed by atoms with Crippen molar-refractivity contribution in [1.29, 1.82) is 0 Å². The van der Waals surface area contributed by atoms with Gasteiger partial charge in [0.05, 0.1) is 18.5 Å². The minimum absolute atomic E-state index is 0.295. The number of nitrogens with zero attached hydrogens (tertiary/aromatic N) is 2. The lowest BCUT2D eigenvalue weighted by Gasteiger charge is -2.33. The van der Waals surface area contributed by atoms with E-state index >= 15 is 0 Å². The molecule has 0 unspecified atom stereocenters. The Morgan fingerprint density at radius 3 is 2.72 bits per heavy atom. The number of rotatable bonds is 9. The van der Waals surface area contributed by atoms with Crippen molar-refractivity contribution < 1.29 is 17.9 Å². The second-order valence-corrected chi connectivity index (χ2v) is 8.70. The molecule has 1 fully saturated rings. The SMILES string of the molecule is O=C(OCCCCc1ccccc1)[C@@H]1CCCCN1S(=O)(=O)Nc1cccnc1. The minimum atomic E-state index is -3.86. The lowest BCUT2D eigenvalue weighted by Crippen LogP contribution is -2.50. The van der Waals surface area contributed by atoms with Gasteiger partial charge >= 0.3 is 16.2 Å². The van der Waals surface area contributed by atoms with Crippen molar-refractivity contribution in [3.05, 3.63) is 60.4 Å². The van der Waals surface area contributed by atoms with E-state index in [4.69, 9.17) is 4.74 Å². The van der Waals surface area contributed by atoms with Crippen LogP contribution in [0.2, 0.25) is 0 Å². The normalized spacial score (nSPS) is 17.6. The summed E-state index contributed by atoms with van der Waals surface area (Å²) in [5.74, 6) is -0.471. The third kappa shape index (κ3) is 6.27. The average molecular weight is 418 g/mol. The van der Waals surface area contributed by atoms with Crippen molar-refractivity contribution in [2.24, 2.45) is 0 Å². The van der Waals surface area contributed by atoms with Gasteiger partial charge in [-0.05, 0) is 56.2 Å². The summed E-state index contributed by atoms with van der Waals surface area (Å²) in [6, 6.07) is 12.6. The number of ether oxygens (including phenoxy) is 1. The van der Waals surface area contributed by atoms with Gasteiger partial charge in [-0.15, -0.1) is 0 Å². The highest BCUT2D eigenvalue weighted by atomic mass is 32.2. The zero-order valence-corrected chi connectivity index (χ0v) is 17.2. The summed E-state index contributed by atoms with van der Waals surface area (Å²) in [6.45, 7) is 0.593. The standard InChI is InChI=1S/C21H27N3O4S/c25-21(28-16-7-5-11-18-9-2-1-3-10-18)20-13-4-6-15-24(20)29(26,27)23-19-12-8-14-22-17-19/h1-3,8-10,12,14,17,20,23H,4-7,11,13,15-16H2/t20-/m0/s1. The van der Waals surface area contributed by atoms with Crippen LogP contribution in [0.15, 0.2) is 54.9 Å². The summed E-state index contributed by atoms with van der Waals surface area (Å²) in [5.41, 5.74) is 1.62. The number of piperidine rings is 1. The third-order valence-electron chi connectivity index (χ3n) is 4.89. The molecule has 1 saturated heterocycles. The second kappa shape index (κ2) is 10.4. The number of carbonyl (C=O) groups excluding carboxylic acids is 1. The maximum absolute atomic E-state index is 12.8. The molecule has 3 rings (SSSR count). The molecular weight excluding hydrogens is 390 g/mol. The minimum Gasteiger partial charge on any atom is -0.464 e. The predicted molar refractivity (Wildman–Crippen MR) is 111 cm³/mol. The van der Waals surface area contributed by atoms with Crippen LogP contribution >= 0.6 is 0 Å². The molecule has 7 nitrogen and oxygen atoms in total. The Balaban J connectivity index is 1.51. The van der Waals surface area contributed by atoms with Crippen molar-refractivity contribution in [3.8, 4) is 0 Å². The van der Waals surface area contributed by atoms with Gasteiger partial charge in [-0.3, -0.25) is 14.5 Å². The van der Waals surface area contributed by atoms with Gasteiger partial charge in [-0.1, -0.05) is 30.3 Å². The van der Waals surface area contributed by atoms with Crippen molar-refractivity contribution in [1.82, 2.24) is 9.29 Å². The number of hydrogen-bond acceptors (Lipinski definition) is 5. The van der Waals surface area contributed by atoms with E-state index in [1.54, 1.807) is 18.3 Å². The van der Waals surface area contributed by atoms with Gasteiger partial charge in [0.1, 0.15) is 6.04 Å². The van der Waals surface area contributed by atoms with Crippen LogP contribution in [0.5, 0.6) is 0 Å². The van der Waals surface area contributed by atoms with Gasteiger partial charge in [0, 0.05) is 12.7 Å². The maximum Gasteiger partial charge on any atom is 0.324 e. The van der Waals surface area contributed by atoms with E-state index in [2.05, 4.69) is 21.8 Å². The number of aromatic nitrogens is 1. The fraction of sp³-hybridized carbons (Fsp3) is 0.429. The highest BCUT2D eigenvalue weighted by molar-refractivity contribution is 7.90. The molecule has 8 heteroatoms. The number of unbranched alkanes of at least 4 members (excludes halogenated alkanes) is 1. The van der Waals surface area contributed by atoms with E-state index in [0.29, 0.717) is 25.3 Å². The largest absolute Gasteiger partial charge is 0.464 e. The molecule has 2 aromatic rings. The molecule has 2 heterocycles. The molecule has 0 spiro atoms. The number of nitrogens with one attached hydrogen (secondary N) is 1. The molecule has 156 valence electrons. The summed E-state index contributed by atoms with van der Waals surface area (Å²) in [5, 5.41) is 0. The zero-order valence-electron chi connectivity index (χ0n) is 16.4. The first kappa shape index (κ1) is 21.3. The molecule has 0 amide bonds. The Morgan fingerprint density at radius 1 is 1.14 bits per heavy atom. The first-order valence-corrected chi connectivity index (χ1v) is 11.4. The topological polar surface area (TPSA) is 88.6 Å². The molecule has 0 saturated carbocycles. The van der Waals surface area contributed by atoms with E-state index in [1.807, 2.05) is 18.2 Å². The van der Waals surface area contributed by atoms with Crippen LogP contribution in [-0.2, 0) is 26.2 Å². The summed E-state index contributed by atoms with van der Waals surface area (Å²) in [6.07, 6.45) is 7.56. The van der Waals surface area contributed by atoms with Gasteiger partial charge < -0.3 is 4.74 Å². The monoisotopic (exact) mass is 417 g/mol. The molecular formula is C21H27N3O4S. The molecule has 1 atom stereocenters. The number of aryl methyl sites for hydroxylation is 1. The van der Waals surface area contributed by atoms with Gasteiger partial charge in [0.25, 0.3) is 0 Å². The third-order valence-corrected chi connectivity index (χ3v) is 6.44. The van der Waals surface area contributed by atoms with Crippen LogP contribution < -0.4 is 4.72 Å². The van der Waals surface area contributed by atoms with E-state index in [0.717, 1.165) is 32.1 Å². The molecule has 1 aromatic heterocycles. The van der Waals surface area contributed by atoms with Gasteiger partial charge in [-0.25, -0.2) is 0 Å². The highest BCUT2D eigenvalue weighted by Gasteiger charge is 2.37. The number of carbonyl (C=O) groups is 1. The quantitative estimate of drug-likeness (QED) is 0.500. The predicted octanol–water partition coefficient (Wildman–Crippen LogP) is 3.16. The van der Waals surface area contributed by atoms with Crippen LogP contribution in [0.25, 0.3) is 0 Å². The second-order valence-electron chi connectivity index (χ2n) is 7.08. The van der Waals surface area contributed by atoms with E-state index in [1.165, 1.54) is 16.1 Å². The Hall–Kier alpha value is -2.45. The van der Waals surface area contributed by atoms with Crippen molar-refractivity contribution in [3.63, 3.8) is 0 Å². The first-order chi connectivity index (χ1) is 14.1. The molecule has 1 N–H and O–H groups in total. The van der Waals surface area contributed by atoms with Gasteiger partial charge in [0.15, 0.2) is 0 Å². The summed E-state index contributed by atoms with van der Waals surface area (Å²) >= 11 is 0. The Morgan fingerprint density at radius 2 is 1.97 bits per heavy atom. The summed E-state index contributed by atoms with van der Waals surface area (Å²) in [4.78, 5) is 16.5. The lowest BCUT2D eigenvalue weighted by molar-refractivity contribution is -0.149. The molecule has 29 heavy (non-hydrogen) atoms. The van der Waals surface area contributed by atoms with E-state index in [9.17, 15) is 13.2 Å². The van der Waals surface area contributed by atoms with Crippen LogP contribution in [0, 0.1) is 0 Å². The first-order valence-electron chi connectivity index (χ1n) is 9.96. The Bertz CT molecular complexity index is 875. The average Bonchev–Trinajstić information content (AvgIpc) is 2.74. The van der Waals surface area contributed by atoms with Crippen molar-refractivity contribution in [2.75, 3.05) is 17.9 Å². The van der Waals surface area contributed by atoms with Crippen LogP contribution in [0.4, 0.5) is 5.69 Å². The number of esters is 1. The molecule has 1 aliphatic heterocycles. The zero-order chi connectivity index (χ0) is 20.5. The number of benzene rings is 1. The van der Waals surface area contributed by atoms with Crippen LogP contribution in [-0.4, -0.2) is 42.9 Å². The van der Waals surface area contributed by atoms with Crippen molar-refractivity contribution in [2.45, 2.75) is 44.6 Å². The molecule has 1 aliphatic rings. The number of anilines is 1. The highest BCUT2D eigenvalue weighted by Crippen LogP contribution is 2.23. The maximum atomic E-state index is 12.8. The molecule has 0 radical (unpaired) electrons. The Kier molecular flexibility index (Phi) is 7.60. The van der Waals surface area contributed by atoms with Crippen LogP contribution in [0.1, 0.15) is 37.7 Å². The smallest absolute Gasteiger partial charge is 0.324 e. The lowest BCUT2D eigenvalue weighted by atomic mass is 10.1. The molecule has 0 bridgehead atoms. The number of hydrogen-bond donors (Lipinski definition) is 1. The van der Waals surface area contributed by atoms with E-state index in [-0.39, 0.29) is 0 Å². The van der Waals surface area contributed by atoms with Crippen LogP contribution in [0.3, 0.4) is 0 Å². The van der Waals surface area contributed by atoms with Gasteiger partial charge in [0.2, 0.25) is 0 Å². The molecule has 0 aliphatic carbocycles. The fourth-order valence-electron chi connectivity index (χ4n) is 3.40. The molecule has 1 aromatic carbocycles. The fourth-order valence-corrected chi connectivity index (χ4v) is 4.84. The summed E-state index contributed by atoms with van der Waals surface area (Å²) in [7, 11) is -3.86. The Labute approximate surface area is 172 Å². The van der Waals surface area contributed by atoms with Crippen molar-refractivity contribution >= 4 is 21.9 Å².